The molecule has 13 heteroatoms. The van der Waals surface area contributed by atoms with Crippen molar-refractivity contribution in [1.29, 1.82) is 0 Å². The van der Waals surface area contributed by atoms with Gasteiger partial charge in [0.1, 0.15) is 11.9 Å². The second-order valence-corrected chi connectivity index (χ2v) is 15.2. The van der Waals surface area contributed by atoms with Crippen LogP contribution in [0.15, 0.2) is 53.4 Å². The summed E-state index contributed by atoms with van der Waals surface area (Å²) in [6.45, 7) is 6.47. The molecule has 0 saturated heterocycles. The molecule has 1 fully saturated rings. The number of sulfonamides is 1. The number of hydrogen-bond acceptors (Lipinski definition) is 9. The molecule has 7 N–H and O–H groups in total. The number of aromatic nitrogens is 1. The fourth-order valence-electron chi connectivity index (χ4n) is 5.43. The van der Waals surface area contributed by atoms with Gasteiger partial charge in [0.15, 0.2) is 5.13 Å². The summed E-state index contributed by atoms with van der Waals surface area (Å²) in [5, 5.41) is 21.1. The van der Waals surface area contributed by atoms with E-state index < -0.39 is 28.2 Å². The lowest BCUT2D eigenvalue weighted by Crippen LogP contribution is -2.48. The molecule has 2 amide bonds. The number of amides is 2. The quantitative estimate of drug-likeness (QED) is 0.112. The van der Waals surface area contributed by atoms with Gasteiger partial charge < -0.3 is 21.5 Å². The Labute approximate surface area is 269 Å². The van der Waals surface area contributed by atoms with Gasteiger partial charge in [0.05, 0.1) is 15.8 Å². The lowest BCUT2D eigenvalue weighted by molar-refractivity contribution is -0.124. The van der Waals surface area contributed by atoms with Gasteiger partial charge in [-0.15, -0.1) is 0 Å². The van der Waals surface area contributed by atoms with Crippen molar-refractivity contribution in [1.82, 2.24) is 20.3 Å². The second kappa shape index (κ2) is 14.8. The van der Waals surface area contributed by atoms with E-state index in [1.165, 1.54) is 41.2 Å². The standard InChI is InChI=1S/C32H44N6O5S2/c1-32(2,3)23-13-9-21(10-14-23)27-26(38-31(34-4)44-27)30(41)37-25(19-20-7-5-6-8-20)29(40)35-17-18-36-45(42,43)24-15-11-22(12-16-24)28(33)39/h9-16,20,25,30,36-37,41H,5-8,17-19H2,1-4H3,(H2,33,39)(H,34,38)(H,35,40)/t25-,30?/m1/s1. The normalized spacial score (nSPS) is 15.5. The van der Waals surface area contributed by atoms with Gasteiger partial charge in [-0.05, 0) is 53.1 Å². The van der Waals surface area contributed by atoms with Gasteiger partial charge in [0.2, 0.25) is 21.8 Å². The molecule has 1 aromatic heterocycles. The van der Waals surface area contributed by atoms with Crippen LogP contribution >= 0.6 is 11.3 Å². The number of carbonyl (C=O) groups is 2. The molecule has 45 heavy (non-hydrogen) atoms. The number of hydrogen-bond donors (Lipinski definition) is 6. The number of thiazole rings is 1. The number of anilines is 1. The number of benzene rings is 2. The van der Waals surface area contributed by atoms with Crippen molar-refractivity contribution in [2.75, 3.05) is 25.5 Å². The molecule has 0 spiro atoms. The van der Waals surface area contributed by atoms with Crippen LogP contribution in [-0.4, -0.2) is 56.5 Å². The number of nitrogens with zero attached hydrogens (tertiary/aromatic N) is 1. The molecule has 1 saturated carbocycles. The third-order valence-electron chi connectivity index (χ3n) is 8.02. The van der Waals surface area contributed by atoms with Gasteiger partial charge >= 0.3 is 0 Å². The Morgan fingerprint density at radius 1 is 1.04 bits per heavy atom. The SMILES string of the molecule is CNc1nc(C(O)N[C@H](CC2CCCC2)C(=O)NCCNS(=O)(=O)c2ccc(C(N)=O)cc2)c(-c2ccc(C(C)(C)C)cc2)s1. The highest BCUT2D eigenvalue weighted by atomic mass is 32.2. The summed E-state index contributed by atoms with van der Waals surface area (Å²) in [6.07, 6.45) is 3.58. The highest BCUT2D eigenvalue weighted by Gasteiger charge is 2.29. The number of rotatable bonds is 14. The summed E-state index contributed by atoms with van der Waals surface area (Å²) < 4.78 is 27.8. The fourth-order valence-corrected chi connectivity index (χ4v) is 7.42. The molecule has 2 aromatic carbocycles. The zero-order chi connectivity index (χ0) is 32.8. The zero-order valence-corrected chi connectivity index (χ0v) is 27.9. The monoisotopic (exact) mass is 656 g/mol. The minimum absolute atomic E-state index is 0.00449. The first-order valence-electron chi connectivity index (χ1n) is 15.2. The highest BCUT2D eigenvalue weighted by Crippen LogP contribution is 2.37. The van der Waals surface area contributed by atoms with Crippen molar-refractivity contribution in [3.63, 3.8) is 0 Å². The van der Waals surface area contributed by atoms with Crippen LogP contribution in [0.3, 0.4) is 0 Å². The summed E-state index contributed by atoms with van der Waals surface area (Å²) in [5.41, 5.74) is 7.99. The molecular weight excluding hydrogens is 613 g/mol. The van der Waals surface area contributed by atoms with Crippen LogP contribution in [0.5, 0.6) is 0 Å². The molecule has 0 aliphatic heterocycles. The smallest absolute Gasteiger partial charge is 0.248 e. The third-order valence-corrected chi connectivity index (χ3v) is 10.6. The highest BCUT2D eigenvalue weighted by molar-refractivity contribution is 7.89. The molecule has 1 aliphatic carbocycles. The molecule has 3 aromatic rings. The number of aliphatic hydroxyl groups is 1. The molecule has 4 rings (SSSR count). The number of aliphatic hydroxyl groups excluding tert-OH is 1. The lowest BCUT2D eigenvalue weighted by atomic mass is 9.86. The Morgan fingerprint density at radius 2 is 1.69 bits per heavy atom. The summed E-state index contributed by atoms with van der Waals surface area (Å²) in [6, 6.07) is 12.8. The average molecular weight is 657 g/mol. The first kappa shape index (κ1) is 34.5. The fraction of sp³-hybridized carbons (Fsp3) is 0.469. The average Bonchev–Trinajstić information content (AvgIpc) is 3.69. The van der Waals surface area contributed by atoms with Crippen LogP contribution < -0.4 is 26.4 Å². The van der Waals surface area contributed by atoms with E-state index in [2.05, 4.69) is 58.6 Å². The van der Waals surface area contributed by atoms with E-state index >= 15 is 0 Å². The van der Waals surface area contributed by atoms with E-state index in [9.17, 15) is 23.1 Å². The van der Waals surface area contributed by atoms with Crippen molar-refractivity contribution in [2.24, 2.45) is 11.7 Å². The van der Waals surface area contributed by atoms with E-state index in [4.69, 9.17) is 5.73 Å². The molecule has 0 radical (unpaired) electrons. The second-order valence-electron chi connectivity index (χ2n) is 12.4. The van der Waals surface area contributed by atoms with E-state index in [0.29, 0.717) is 23.2 Å². The molecule has 0 bridgehead atoms. The minimum atomic E-state index is -3.86. The molecule has 1 aliphatic rings. The van der Waals surface area contributed by atoms with Crippen LogP contribution in [0, 0.1) is 5.92 Å². The maximum Gasteiger partial charge on any atom is 0.248 e. The topological polar surface area (TPSA) is 176 Å². The van der Waals surface area contributed by atoms with Gasteiger partial charge in [-0.1, -0.05) is 82.1 Å². The first-order chi connectivity index (χ1) is 21.3. The van der Waals surface area contributed by atoms with Gasteiger partial charge in [-0.2, -0.15) is 0 Å². The summed E-state index contributed by atoms with van der Waals surface area (Å²) in [4.78, 5) is 30.1. The maximum atomic E-state index is 13.4. The van der Waals surface area contributed by atoms with E-state index in [-0.39, 0.29) is 34.9 Å². The largest absolute Gasteiger partial charge is 0.373 e. The minimum Gasteiger partial charge on any atom is -0.373 e. The van der Waals surface area contributed by atoms with Gasteiger partial charge in [0, 0.05) is 25.7 Å². The van der Waals surface area contributed by atoms with Crippen LogP contribution in [0.1, 0.15) is 80.7 Å². The van der Waals surface area contributed by atoms with Crippen molar-refractivity contribution >= 4 is 38.3 Å². The number of nitrogens with one attached hydrogen (secondary N) is 4. The van der Waals surface area contributed by atoms with E-state index in [1.807, 2.05) is 12.1 Å². The van der Waals surface area contributed by atoms with Crippen molar-refractivity contribution < 1.29 is 23.1 Å². The van der Waals surface area contributed by atoms with Crippen molar-refractivity contribution in [3.05, 3.63) is 65.4 Å². The Balaban J connectivity index is 1.44. The molecule has 1 unspecified atom stereocenters. The molecule has 244 valence electrons. The molecule has 11 nitrogen and oxygen atoms in total. The van der Waals surface area contributed by atoms with Gasteiger partial charge in [0.25, 0.3) is 0 Å². The lowest BCUT2D eigenvalue weighted by Gasteiger charge is -2.24. The van der Waals surface area contributed by atoms with Crippen LogP contribution in [-0.2, 0) is 20.2 Å². The predicted octanol–water partition coefficient (Wildman–Crippen LogP) is 3.87. The first-order valence-corrected chi connectivity index (χ1v) is 17.5. The Hall–Kier alpha value is -3.36. The van der Waals surface area contributed by atoms with Gasteiger partial charge in [-0.25, -0.2) is 18.1 Å². The summed E-state index contributed by atoms with van der Waals surface area (Å²) >= 11 is 1.43. The van der Waals surface area contributed by atoms with Crippen LogP contribution in [0.2, 0.25) is 0 Å². The molecule has 2 atom stereocenters. The number of primary amides is 1. The van der Waals surface area contributed by atoms with Gasteiger partial charge in [-0.3, -0.25) is 14.9 Å². The maximum absolute atomic E-state index is 13.4. The van der Waals surface area contributed by atoms with Crippen LogP contribution in [0.4, 0.5) is 5.13 Å². The Bertz CT molecular complexity index is 1560. The Kier molecular flexibility index (Phi) is 11.4. The van der Waals surface area contributed by atoms with E-state index in [0.717, 1.165) is 36.1 Å². The van der Waals surface area contributed by atoms with Crippen LogP contribution in [0.25, 0.3) is 10.4 Å². The third kappa shape index (κ3) is 9.10. The number of nitrogens with two attached hydrogens (primary N) is 1. The number of carbonyl (C=O) groups excluding carboxylic acids is 2. The summed E-state index contributed by atoms with van der Waals surface area (Å²) in [7, 11) is -2.09. The van der Waals surface area contributed by atoms with E-state index in [1.54, 1.807) is 7.05 Å². The molecule has 1 heterocycles. The van der Waals surface area contributed by atoms with Crippen molar-refractivity contribution in [2.45, 2.75) is 75.5 Å². The molecular formula is C32H44N6O5S2. The predicted molar refractivity (Wildman–Crippen MR) is 177 cm³/mol. The van der Waals surface area contributed by atoms with Crippen molar-refractivity contribution in [3.8, 4) is 10.4 Å². The Morgan fingerprint density at radius 3 is 2.27 bits per heavy atom. The zero-order valence-electron chi connectivity index (χ0n) is 26.2. The summed E-state index contributed by atoms with van der Waals surface area (Å²) in [5.74, 6) is -0.634.